The van der Waals surface area contributed by atoms with Crippen molar-refractivity contribution in [3.8, 4) is 0 Å². The van der Waals surface area contributed by atoms with Gasteiger partial charge in [-0.3, -0.25) is 4.79 Å². The molecule has 1 aromatic carbocycles. The number of carbonyl (C=O) groups is 1. The first kappa shape index (κ1) is 29.1. The number of aryl methyl sites for hydroxylation is 1. The molecule has 0 bridgehead atoms. The van der Waals surface area contributed by atoms with Crippen LogP contribution in [0.5, 0.6) is 0 Å². The first-order valence-electron chi connectivity index (χ1n) is 12.0. The summed E-state index contributed by atoms with van der Waals surface area (Å²) in [6.07, 6.45) is 3.94. The molecule has 1 aliphatic carbocycles. The summed E-state index contributed by atoms with van der Waals surface area (Å²) in [4.78, 5) is 14.4. The van der Waals surface area contributed by atoms with E-state index in [2.05, 4.69) is 15.6 Å². The number of benzene rings is 1. The van der Waals surface area contributed by atoms with E-state index in [4.69, 9.17) is 16.7 Å². The summed E-state index contributed by atoms with van der Waals surface area (Å²) < 4.78 is 39.2. The number of carbonyl (C=O) groups excluding carboxylic acids is 1. The maximum absolute atomic E-state index is 13.1. The number of nitrogens with one attached hydrogen (secondary N) is 2. The third-order valence-corrected chi connectivity index (χ3v) is 6.58. The first-order valence-corrected chi connectivity index (χ1v) is 12.4. The van der Waals surface area contributed by atoms with Crippen molar-refractivity contribution in [2.75, 3.05) is 25.5 Å². The SMILES string of the molecule is CCc1ccc(Cl)cc1CNc1ncc(C=O)cc1C(F)(F)F.CNCC1CCC(CCO)CC1. The van der Waals surface area contributed by atoms with Gasteiger partial charge in [0.15, 0.2) is 6.29 Å². The van der Waals surface area contributed by atoms with E-state index in [9.17, 15) is 18.0 Å². The predicted molar refractivity (Wildman–Crippen MR) is 134 cm³/mol. The fourth-order valence-electron chi connectivity index (χ4n) is 4.38. The monoisotopic (exact) mass is 513 g/mol. The molecule has 0 spiro atoms. The minimum atomic E-state index is -4.60. The van der Waals surface area contributed by atoms with Gasteiger partial charge in [-0.1, -0.05) is 37.4 Å². The fourth-order valence-corrected chi connectivity index (χ4v) is 4.58. The van der Waals surface area contributed by atoms with Crippen molar-refractivity contribution >= 4 is 23.7 Å². The molecule has 1 fully saturated rings. The largest absolute Gasteiger partial charge is 0.419 e. The average molecular weight is 514 g/mol. The highest BCUT2D eigenvalue weighted by Crippen LogP contribution is 2.34. The molecule has 9 heteroatoms. The van der Waals surface area contributed by atoms with Crippen LogP contribution in [0.2, 0.25) is 5.02 Å². The fraction of sp³-hybridized carbons (Fsp3) is 0.538. The van der Waals surface area contributed by atoms with Crippen LogP contribution in [0, 0.1) is 11.8 Å². The van der Waals surface area contributed by atoms with Gasteiger partial charge in [0.05, 0.1) is 5.56 Å². The van der Waals surface area contributed by atoms with Crippen LogP contribution in [0.4, 0.5) is 19.0 Å². The molecule has 0 saturated heterocycles. The van der Waals surface area contributed by atoms with Crippen molar-refractivity contribution in [1.82, 2.24) is 10.3 Å². The van der Waals surface area contributed by atoms with Crippen molar-refractivity contribution in [1.29, 1.82) is 0 Å². The number of anilines is 1. The number of aliphatic hydroxyl groups is 1. The van der Waals surface area contributed by atoms with Gasteiger partial charge < -0.3 is 15.7 Å². The van der Waals surface area contributed by atoms with E-state index in [0.29, 0.717) is 17.9 Å². The highest BCUT2D eigenvalue weighted by atomic mass is 35.5. The normalized spacial score (nSPS) is 17.9. The minimum Gasteiger partial charge on any atom is -0.396 e. The third kappa shape index (κ3) is 9.43. The standard InChI is InChI=1S/C16H14ClF3N2O.C10H21NO/c1-2-11-3-4-13(17)6-12(11)8-22-15-14(16(18,19)20)5-10(9-23)7-21-15;1-11-8-10-4-2-9(3-5-10)6-7-12/h3-7,9H,2,8H2,1H3,(H,21,22);9-12H,2-8H2,1H3. The Kier molecular flexibility index (Phi) is 12.0. The topological polar surface area (TPSA) is 74.2 Å². The molecule has 0 amide bonds. The zero-order chi connectivity index (χ0) is 25.8. The van der Waals surface area contributed by atoms with Crippen LogP contribution >= 0.6 is 11.6 Å². The molecule has 3 N–H and O–H groups in total. The van der Waals surface area contributed by atoms with Gasteiger partial charge in [-0.2, -0.15) is 13.2 Å². The number of nitrogens with zero attached hydrogens (tertiary/aromatic N) is 1. The van der Waals surface area contributed by atoms with Gasteiger partial charge in [0, 0.05) is 29.9 Å². The average Bonchev–Trinajstić information content (AvgIpc) is 2.84. The van der Waals surface area contributed by atoms with Crippen LogP contribution in [-0.4, -0.2) is 36.6 Å². The minimum absolute atomic E-state index is 0.125. The number of aldehydes is 1. The smallest absolute Gasteiger partial charge is 0.396 e. The van der Waals surface area contributed by atoms with Crippen molar-refractivity contribution in [3.63, 3.8) is 0 Å². The van der Waals surface area contributed by atoms with E-state index in [1.807, 2.05) is 20.0 Å². The Labute approximate surface area is 210 Å². The van der Waals surface area contributed by atoms with Gasteiger partial charge >= 0.3 is 6.18 Å². The Balaban J connectivity index is 0.000000303. The zero-order valence-electron chi connectivity index (χ0n) is 20.3. The molecule has 2 aromatic rings. The van der Waals surface area contributed by atoms with Crippen molar-refractivity contribution in [3.05, 3.63) is 57.7 Å². The lowest BCUT2D eigenvalue weighted by molar-refractivity contribution is -0.137. The first-order chi connectivity index (χ1) is 16.7. The van der Waals surface area contributed by atoms with Gasteiger partial charge in [-0.15, -0.1) is 0 Å². The molecule has 0 aliphatic heterocycles. The predicted octanol–water partition coefficient (Wildman–Crippen LogP) is 6.14. The molecule has 3 rings (SSSR count). The maximum atomic E-state index is 13.1. The van der Waals surface area contributed by atoms with Crippen molar-refractivity contribution in [2.24, 2.45) is 11.8 Å². The molecule has 35 heavy (non-hydrogen) atoms. The molecule has 194 valence electrons. The number of hydrogen-bond donors (Lipinski definition) is 3. The Bertz CT molecular complexity index is 919. The number of pyridine rings is 1. The molecule has 0 radical (unpaired) electrons. The van der Waals surface area contributed by atoms with Gasteiger partial charge in [0.2, 0.25) is 0 Å². The Hall–Kier alpha value is -2.16. The van der Waals surface area contributed by atoms with Crippen LogP contribution in [0.25, 0.3) is 0 Å². The van der Waals surface area contributed by atoms with E-state index in [0.717, 1.165) is 48.1 Å². The lowest BCUT2D eigenvalue weighted by Gasteiger charge is -2.27. The summed E-state index contributed by atoms with van der Waals surface area (Å²) in [5, 5.41) is 15.2. The van der Waals surface area contributed by atoms with E-state index >= 15 is 0 Å². The van der Waals surface area contributed by atoms with Crippen LogP contribution in [-0.2, 0) is 19.1 Å². The van der Waals surface area contributed by atoms with E-state index in [1.54, 1.807) is 12.1 Å². The van der Waals surface area contributed by atoms with Gasteiger partial charge in [-0.25, -0.2) is 4.98 Å². The number of alkyl halides is 3. The van der Waals surface area contributed by atoms with Crippen molar-refractivity contribution in [2.45, 2.75) is 58.2 Å². The number of aliphatic hydroxyl groups excluding tert-OH is 1. The third-order valence-electron chi connectivity index (χ3n) is 6.34. The molecule has 1 aromatic heterocycles. The Morgan fingerprint density at radius 1 is 1.14 bits per heavy atom. The molecule has 1 heterocycles. The number of halogens is 4. The molecule has 0 unspecified atom stereocenters. The summed E-state index contributed by atoms with van der Waals surface area (Å²) in [6, 6.07) is 6.07. The molecular weight excluding hydrogens is 479 g/mol. The van der Waals surface area contributed by atoms with E-state index in [1.165, 1.54) is 32.2 Å². The van der Waals surface area contributed by atoms with Gasteiger partial charge in [-0.05, 0) is 80.4 Å². The second-order valence-corrected chi connectivity index (χ2v) is 9.29. The zero-order valence-corrected chi connectivity index (χ0v) is 21.1. The summed E-state index contributed by atoms with van der Waals surface area (Å²) in [5.41, 5.74) is 0.691. The Morgan fingerprint density at radius 2 is 1.83 bits per heavy atom. The molecule has 0 atom stereocenters. The summed E-state index contributed by atoms with van der Waals surface area (Å²) in [6.45, 7) is 3.65. The van der Waals surface area contributed by atoms with E-state index < -0.39 is 11.7 Å². The van der Waals surface area contributed by atoms with Crippen LogP contribution in [0.1, 0.15) is 66.1 Å². The highest BCUT2D eigenvalue weighted by Gasteiger charge is 2.34. The second kappa shape index (κ2) is 14.4. The lowest BCUT2D eigenvalue weighted by Crippen LogP contribution is -2.24. The summed E-state index contributed by atoms with van der Waals surface area (Å²) >= 11 is 5.94. The Morgan fingerprint density at radius 3 is 2.40 bits per heavy atom. The molecule has 5 nitrogen and oxygen atoms in total. The number of hydrogen-bond acceptors (Lipinski definition) is 5. The second-order valence-electron chi connectivity index (χ2n) is 8.86. The van der Waals surface area contributed by atoms with Crippen LogP contribution < -0.4 is 10.6 Å². The lowest BCUT2D eigenvalue weighted by atomic mass is 9.81. The molecule has 1 saturated carbocycles. The van der Waals surface area contributed by atoms with Crippen molar-refractivity contribution < 1.29 is 23.1 Å². The number of rotatable bonds is 9. The van der Waals surface area contributed by atoms with E-state index in [-0.39, 0.29) is 17.9 Å². The van der Waals surface area contributed by atoms with Crippen LogP contribution in [0.15, 0.2) is 30.5 Å². The summed E-state index contributed by atoms with van der Waals surface area (Å²) in [7, 11) is 2.03. The summed E-state index contributed by atoms with van der Waals surface area (Å²) in [5.74, 6) is 1.39. The van der Waals surface area contributed by atoms with Crippen LogP contribution in [0.3, 0.4) is 0 Å². The number of aromatic nitrogens is 1. The quantitative estimate of drug-likeness (QED) is 0.351. The molecular formula is C26H35ClF3N3O2. The van der Waals surface area contributed by atoms with Gasteiger partial charge in [0.1, 0.15) is 5.82 Å². The van der Waals surface area contributed by atoms with Gasteiger partial charge in [0.25, 0.3) is 0 Å². The maximum Gasteiger partial charge on any atom is 0.419 e. The molecule has 1 aliphatic rings. The highest BCUT2D eigenvalue weighted by molar-refractivity contribution is 6.30.